The van der Waals surface area contributed by atoms with Crippen molar-refractivity contribution in [1.82, 2.24) is 0 Å². The van der Waals surface area contributed by atoms with Crippen LogP contribution in [0.15, 0.2) is 0 Å². The van der Waals surface area contributed by atoms with Gasteiger partial charge >= 0.3 is 0 Å². The summed E-state index contributed by atoms with van der Waals surface area (Å²) in [6.45, 7) is 1.93. The van der Waals surface area contributed by atoms with Gasteiger partial charge in [-0.15, -0.1) is 3.89 Å². The van der Waals surface area contributed by atoms with E-state index in [0.29, 0.717) is 6.26 Å². The van der Waals surface area contributed by atoms with E-state index in [1.807, 2.05) is 0 Å². The van der Waals surface area contributed by atoms with Gasteiger partial charge in [0.1, 0.15) is 0 Å². The highest BCUT2D eigenvalue weighted by atomic mass is 32.3. The van der Waals surface area contributed by atoms with E-state index in [-0.39, 0.29) is 6.61 Å². The maximum Gasteiger partial charge on any atom is 0.299 e. The van der Waals surface area contributed by atoms with Gasteiger partial charge in [0.25, 0.3) is 10.2 Å². The second-order valence-corrected chi connectivity index (χ2v) is 2.36. The molecule has 0 spiro atoms. The van der Waals surface area contributed by atoms with E-state index < -0.39 is 10.2 Å². The third-order valence-corrected chi connectivity index (χ3v) is 0. The second-order valence-electron chi connectivity index (χ2n) is 0.998. The average molecular weight is 144 g/mol. The molecule has 52 valence electrons. The first kappa shape index (κ1) is 10.8. The van der Waals surface area contributed by atoms with Crippen LogP contribution in [0, 0.1) is 0 Å². The molecule has 0 atom stereocenters. The summed E-state index contributed by atoms with van der Waals surface area (Å²) in [6, 6.07) is 0. The first-order valence-electron chi connectivity index (χ1n) is 1.92. The van der Waals surface area contributed by atoms with Gasteiger partial charge in [0.15, 0.2) is 0 Å². The van der Waals surface area contributed by atoms with E-state index in [9.17, 15) is 3.89 Å². The first-order chi connectivity index (χ1) is 3.41. The monoisotopic (exact) mass is 144 g/mol. The van der Waals surface area contributed by atoms with Crippen molar-refractivity contribution in [2.45, 2.75) is 6.92 Å². The number of rotatable bonds is 0. The van der Waals surface area contributed by atoms with Gasteiger partial charge in [-0.1, -0.05) is 0 Å². The predicted octanol–water partition coefficient (Wildman–Crippen LogP) is -0.0859. The maximum atomic E-state index is 10.7. The van der Waals surface area contributed by atoms with Crippen molar-refractivity contribution in [1.29, 1.82) is 0 Å². The Bertz CT molecular complexity index is 108. The lowest BCUT2D eigenvalue weighted by atomic mass is 10.9. The highest BCUT2D eigenvalue weighted by Gasteiger charge is 1.86. The quantitative estimate of drug-likeness (QED) is 0.483. The van der Waals surface area contributed by atoms with Crippen LogP contribution in [0.25, 0.3) is 0 Å². The minimum absolute atomic E-state index is 0.250. The van der Waals surface area contributed by atoms with Gasteiger partial charge < -0.3 is 5.11 Å². The number of aliphatic hydroxyl groups excluding tert-OH is 1. The Balaban J connectivity index is 0. The Hall–Kier alpha value is -0.160. The molecule has 0 aliphatic rings. The van der Waals surface area contributed by atoms with Crippen LogP contribution in [0.1, 0.15) is 6.92 Å². The molecule has 0 aliphatic carbocycles. The zero-order chi connectivity index (χ0) is 7.21. The number of aliphatic hydroxyl groups is 1. The van der Waals surface area contributed by atoms with Crippen LogP contribution in [0.2, 0.25) is 0 Å². The van der Waals surface area contributed by atoms with Gasteiger partial charge in [0.2, 0.25) is 0 Å². The van der Waals surface area contributed by atoms with Crippen LogP contribution in [-0.4, -0.2) is 26.4 Å². The number of hydrogen-bond donors (Lipinski definition) is 1. The Morgan fingerprint density at radius 1 is 1.62 bits per heavy atom. The van der Waals surface area contributed by atoms with E-state index in [1.54, 1.807) is 6.92 Å². The largest absolute Gasteiger partial charge is 0.397 e. The van der Waals surface area contributed by atoms with Gasteiger partial charge in [-0.3, -0.25) is 0 Å². The van der Waals surface area contributed by atoms with Crippen LogP contribution in [0.5, 0.6) is 0 Å². The zero-order valence-corrected chi connectivity index (χ0v) is 5.57. The first-order valence-corrected chi connectivity index (χ1v) is 3.71. The molecule has 0 fully saturated rings. The summed E-state index contributed by atoms with van der Waals surface area (Å²) < 4.78 is 28.6. The highest BCUT2D eigenvalue weighted by Crippen LogP contribution is 1.75. The van der Waals surface area contributed by atoms with Crippen LogP contribution in [-0.2, 0) is 10.2 Å². The van der Waals surface area contributed by atoms with E-state index in [0.717, 1.165) is 0 Å². The summed E-state index contributed by atoms with van der Waals surface area (Å²) in [5.74, 6) is 0. The molecule has 8 heavy (non-hydrogen) atoms. The molecule has 0 aliphatic heterocycles. The summed E-state index contributed by atoms with van der Waals surface area (Å²) in [4.78, 5) is 0. The summed E-state index contributed by atoms with van der Waals surface area (Å²) in [5.41, 5.74) is 0. The Morgan fingerprint density at radius 3 is 1.62 bits per heavy atom. The van der Waals surface area contributed by atoms with Crippen molar-refractivity contribution in [2.75, 3.05) is 12.9 Å². The van der Waals surface area contributed by atoms with Crippen LogP contribution >= 0.6 is 0 Å². The van der Waals surface area contributed by atoms with Crippen LogP contribution in [0.4, 0.5) is 3.89 Å². The summed E-state index contributed by atoms with van der Waals surface area (Å²) in [5, 5.41) is 7.57. The fourth-order valence-corrected chi connectivity index (χ4v) is 0. The molecule has 0 aromatic carbocycles. The van der Waals surface area contributed by atoms with E-state index in [1.165, 1.54) is 0 Å². The van der Waals surface area contributed by atoms with E-state index >= 15 is 0 Å². The Morgan fingerprint density at radius 2 is 1.62 bits per heavy atom. The van der Waals surface area contributed by atoms with Gasteiger partial charge in [0, 0.05) is 6.61 Å². The van der Waals surface area contributed by atoms with Gasteiger partial charge in [0.05, 0.1) is 6.26 Å². The summed E-state index contributed by atoms with van der Waals surface area (Å²) in [7, 11) is -4.17. The molecule has 0 saturated carbocycles. The standard InChI is InChI=1S/C2H6O.CH3FO2S/c1-2-3;1-5(2,3)4/h3H,2H2,1H3;1H3. The van der Waals surface area contributed by atoms with Crippen LogP contribution < -0.4 is 0 Å². The lowest BCUT2D eigenvalue weighted by molar-refractivity contribution is 0.318. The topological polar surface area (TPSA) is 54.4 Å². The summed E-state index contributed by atoms with van der Waals surface area (Å²) >= 11 is 0. The smallest absolute Gasteiger partial charge is 0.299 e. The van der Waals surface area contributed by atoms with Gasteiger partial charge in [-0.25, -0.2) is 0 Å². The molecule has 0 amide bonds. The fourth-order valence-electron chi connectivity index (χ4n) is 0. The number of hydrogen-bond acceptors (Lipinski definition) is 3. The SMILES string of the molecule is CCO.CS(=O)(=O)F. The van der Waals surface area contributed by atoms with Crippen molar-refractivity contribution < 1.29 is 17.4 Å². The van der Waals surface area contributed by atoms with Crippen molar-refractivity contribution in [2.24, 2.45) is 0 Å². The molecule has 0 aromatic heterocycles. The van der Waals surface area contributed by atoms with Gasteiger partial charge in [-0.05, 0) is 6.92 Å². The molecule has 0 unspecified atom stereocenters. The molecule has 0 bridgehead atoms. The van der Waals surface area contributed by atoms with Gasteiger partial charge in [-0.2, -0.15) is 8.42 Å². The number of halogens is 1. The molecule has 0 heterocycles. The zero-order valence-electron chi connectivity index (χ0n) is 4.76. The van der Waals surface area contributed by atoms with Crippen molar-refractivity contribution in [3.63, 3.8) is 0 Å². The highest BCUT2D eigenvalue weighted by molar-refractivity contribution is 7.85. The van der Waals surface area contributed by atoms with Crippen LogP contribution in [0.3, 0.4) is 0 Å². The molecule has 1 N–H and O–H groups in total. The minimum Gasteiger partial charge on any atom is -0.397 e. The van der Waals surface area contributed by atoms with E-state index in [2.05, 4.69) is 0 Å². The third-order valence-electron chi connectivity index (χ3n) is 0. The lowest BCUT2D eigenvalue weighted by Gasteiger charge is -1.63. The molecule has 0 saturated heterocycles. The molecule has 5 heteroatoms. The third kappa shape index (κ3) is 5340. The Labute approximate surface area is 48.4 Å². The predicted molar refractivity (Wildman–Crippen MR) is 28.7 cm³/mol. The van der Waals surface area contributed by atoms with Crippen molar-refractivity contribution in [3.05, 3.63) is 0 Å². The van der Waals surface area contributed by atoms with Crippen molar-refractivity contribution in [3.8, 4) is 0 Å². The molecule has 0 aromatic rings. The minimum atomic E-state index is -4.17. The second kappa shape index (κ2) is 4.99. The molecule has 3 nitrogen and oxygen atoms in total. The lowest BCUT2D eigenvalue weighted by Crippen LogP contribution is -1.78. The normalized spacial score (nSPS) is 9.50. The fraction of sp³-hybridized carbons (Fsp3) is 1.00. The molecule has 0 rings (SSSR count). The summed E-state index contributed by atoms with van der Waals surface area (Å²) in [6.07, 6.45) is 0.493. The maximum absolute atomic E-state index is 10.7. The van der Waals surface area contributed by atoms with E-state index in [4.69, 9.17) is 13.5 Å². The average Bonchev–Trinajstić information content (AvgIpc) is 1.27. The molecular formula is C3H9FO3S. The molecule has 0 radical (unpaired) electrons. The van der Waals surface area contributed by atoms with Crippen molar-refractivity contribution >= 4 is 10.2 Å². The molecular weight excluding hydrogens is 135 g/mol. The Kier molecular flexibility index (Phi) is 6.70.